The second kappa shape index (κ2) is 4.78. The summed E-state index contributed by atoms with van der Waals surface area (Å²) in [5, 5.41) is 4.23. The van der Waals surface area contributed by atoms with Crippen LogP contribution >= 0.6 is 0 Å². The number of nitrogens with two attached hydrogens (primary N) is 1. The van der Waals surface area contributed by atoms with E-state index in [1.807, 2.05) is 6.92 Å². The summed E-state index contributed by atoms with van der Waals surface area (Å²) in [6.07, 6.45) is 0. The highest BCUT2D eigenvalue weighted by Gasteiger charge is 2.18. The van der Waals surface area contributed by atoms with Gasteiger partial charge in [-0.25, -0.2) is 9.07 Å². The summed E-state index contributed by atoms with van der Waals surface area (Å²) in [7, 11) is 3.31. The third-order valence-electron chi connectivity index (χ3n) is 2.87. The first-order chi connectivity index (χ1) is 8.52. The fourth-order valence-corrected chi connectivity index (χ4v) is 1.88. The molecule has 0 bridgehead atoms. The van der Waals surface area contributed by atoms with E-state index in [1.54, 1.807) is 37.0 Å². The number of benzene rings is 1. The van der Waals surface area contributed by atoms with Crippen LogP contribution in [0, 0.1) is 12.7 Å². The molecule has 0 radical (unpaired) electrons. The van der Waals surface area contributed by atoms with Crippen LogP contribution in [-0.4, -0.2) is 16.9 Å². The lowest BCUT2D eigenvalue weighted by atomic mass is 10.0. The molecule has 1 aromatic carbocycles. The molecule has 0 saturated heterocycles. The van der Waals surface area contributed by atoms with Crippen molar-refractivity contribution in [2.24, 2.45) is 12.8 Å². The Morgan fingerprint density at radius 3 is 2.72 bits per heavy atom. The van der Waals surface area contributed by atoms with Gasteiger partial charge in [0.05, 0.1) is 18.8 Å². The van der Waals surface area contributed by atoms with Crippen LogP contribution in [0.25, 0.3) is 0 Å². The molecule has 4 nitrogen and oxygen atoms in total. The number of aryl methyl sites for hydroxylation is 2. The molecule has 1 aromatic heterocycles. The van der Waals surface area contributed by atoms with Gasteiger partial charge in [-0.05, 0) is 13.0 Å². The first-order valence-electron chi connectivity index (χ1n) is 5.62. The monoisotopic (exact) mass is 249 g/mol. The Bertz CT molecular complexity index is 565. The fraction of sp³-hybridized carbons (Fsp3) is 0.308. The number of nitrogens with zero attached hydrogens (tertiary/aromatic N) is 2. The van der Waals surface area contributed by atoms with Crippen LogP contribution in [0.5, 0.6) is 5.88 Å². The van der Waals surface area contributed by atoms with E-state index >= 15 is 0 Å². The van der Waals surface area contributed by atoms with Crippen molar-refractivity contribution in [3.05, 3.63) is 46.9 Å². The lowest BCUT2D eigenvalue weighted by molar-refractivity contribution is 0.373. The largest absolute Gasteiger partial charge is 0.481 e. The van der Waals surface area contributed by atoms with E-state index in [0.717, 1.165) is 5.56 Å². The van der Waals surface area contributed by atoms with Crippen molar-refractivity contribution >= 4 is 0 Å². The number of ether oxygens (including phenoxy) is 1. The van der Waals surface area contributed by atoms with Gasteiger partial charge in [-0.3, -0.25) is 0 Å². The van der Waals surface area contributed by atoms with Crippen LogP contribution in [0.15, 0.2) is 24.3 Å². The van der Waals surface area contributed by atoms with Crippen molar-refractivity contribution in [2.75, 3.05) is 7.11 Å². The molecule has 1 heterocycles. The van der Waals surface area contributed by atoms with Crippen molar-refractivity contribution in [3.8, 4) is 5.88 Å². The van der Waals surface area contributed by atoms with Crippen LogP contribution in [0.4, 0.5) is 4.39 Å². The van der Waals surface area contributed by atoms with Crippen LogP contribution in [0.1, 0.15) is 22.9 Å². The minimum atomic E-state index is -0.597. The molecule has 0 spiro atoms. The highest BCUT2D eigenvalue weighted by molar-refractivity contribution is 5.33. The molecule has 96 valence electrons. The maximum Gasteiger partial charge on any atom is 0.211 e. The molecule has 0 saturated carbocycles. The fourth-order valence-electron chi connectivity index (χ4n) is 1.88. The van der Waals surface area contributed by atoms with Crippen molar-refractivity contribution in [3.63, 3.8) is 0 Å². The molecule has 0 aliphatic heterocycles. The number of methoxy groups -OCH3 is 1. The van der Waals surface area contributed by atoms with Crippen LogP contribution < -0.4 is 10.5 Å². The molecule has 0 fully saturated rings. The molecular formula is C13H16FN3O. The zero-order chi connectivity index (χ0) is 13.3. The van der Waals surface area contributed by atoms with E-state index in [9.17, 15) is 4.39 Å². The van der Waals surface area contributed by atoms with E-state index in [2.05, 4.69) is 5.10 Å². The van der Waals surface area contributed by atoms with Gasteiger partial charge in [-0.1, -0.05) is 17.7 Å². The molecule has 2 aromatic rings. The van der Waals surface area contributed by atoms with Gasteiger partial charge in [0.15, 0.2) is 0 Å². The predicted octanol–water partition coefficient (Wildman–Crippen LogP) is 1.92. The third-order valence-corrected chi connectivity index (χ3v) is 2.87. The molecule has 1 unspecified atom stereocenters. The van der Waals surface area contributed by atoms with Crippen LogP contribution in [0.3, 0.4) is 0 Å². The second-order valence-electron chi connectivity index (χ2n) is 4.24. The van der Waals surface area contributed by atoms with E-state index in [1.165, 1.54) is 6.07 Å². The lowest BCUT2D eigenvalue weighted by Crippen LogP contribution is -2.14. The summed E-state index contributed by atoms with van der Waals surface area (Å²) >= 11 is 0. The third kappa shape index (κ3) is 2.22. The minimum Gasteiger partial charge on any atom is -0.481 e. The molecule has 18 heavy (non-hydrogen) atoms. The Hall–Kier alpha value is -1.88. The first-order valence-corrected chi connectivity index (χ1v) is 5.62. The molecule has 2 rings (SSSR count). The summed E-state index contributed by atoms with van der Waals surface area (Å²) in [6, 6.07) is 5.99. The van der Waals surface area contributed by atoms with E-state index in [0.29, 0.717) is 17.1 Å². The van der Waals surface area contributed by atoms with Crippen molar-refractivity contribution in [1.82, 2.24) is 9.78 Å². The van der Waals surface area contributed by atoms with Crippen molar-refractivity contribution in [2.45, 2.75) is 13.0 Å². The zero-order valence-electron chi connectivity index (χ0n) is 10.6. The quantitative estimate of drug-likeness (QED) is 0.904. The first kappa shape index (κ1) is 12.6. The number of halogens is 1. The normalized spacial score (nSPS) is 12.5. The Morgan fingerprint density at radius 2 is 2.11 bits per heavy atom. The summed E-state index contributed by atoms with van der Waals surface area (Å²) in [4.78, 5) is 0. The Balaban J connectivity index is 2.40. The van der Waals surface area contributed by atoms with Crippen LogP contribution in [-0.2, 0) is 7.05 Å². The molecule has 0 aliphatic rings. The second-order valence-corrected chi connectivity index (χ2v) is 4.24. The minimum absolute atomic E-state index is 0.322. The smallest absolute Gasteiger partial charge is 0.211 e. The number of aromatic nitrogens is 2. The van der Waals surface area contributed by atoms with Gasteiger partial charge in [-0.15, -0.1) is 0 Å². The Morgan fingerprint density at radius 1 is 1.39 bits per heavy atom. The maximum atomic E-state index is 13.7. The number of rotatable bonds is 3. The summed E-state index contributed by atoms with van der Waals surface area (Å²) in [5.74, 6) is 0.270. The topological polar surface area (TPSA) is 53.1 Å². The highest BCUT2D eigenvalue weighted by Crippen LogP contribution is 2.24. The Kier molecular flexibility index (Phi) is 3.34. The average Bonchev–Trinajstić information content (AvgIpc) is 2.73. The number of hydrogen-bond acceptors (Lipinski definition) is 3. The molecule has 0 aliphatic carbocycles. The zero-order valence-corrected chi connectivity index (χ0v) is 10.6. The maximum absolute atomic E-state index is 13.7. The summed E-state index contributed by atoms with van der Waals surface area (Å²) in [6.45, 7) is 1.90. The summed E-state index contributed by atoms with van der Waals surface area (Å²) < 4.78 is 20.4. The highest BCUT2D eigenvalue weighted by atomic mass is 19.1. The molecule has 0 amide bonds. The van der Waals surface area contributed by atoms with Gasteiger partial charge in [0.1, 0.15) is 5.82 Å². The predicted molar refractivity (Wildman–Crippen MR) is 66.9 cm³/mol. The van der Waals surface area contributed by atoms with Gasteiger partial charge in [0, 0.05) is 18.7 Å². The van der Waals surface area contributed by atoms with Gasteiger partial charge in [0.25, 0.3) is 0 Å². The lowest BCUT2D eigenvalue weighted by Gasteiger charge is -2.11. The molecule has 1 atom stereocenters. The van der Waals surface area contributed by atoms with Crippen molar-refractivity contribution < 1.29 is 9.13 Å². The van der Waals surface area contributed by atoms with Gasteiger partial charge < -0.3 is 10.5 Å². The van der Waals surface area contributed by atoms with Crippen LogP contribution in [0.2, 0.25) is 0 Å². The van der Waals surface area contributed by atoms with E-state index in [-0.39, 0.29) is 5.82 Å². The Labute approximate surface area is 105 Å². The van der Waals surface area contributed by atoms with E-state index < -0.39 is 6.04 Å². The SMILES string of the molecule is COc1cc(C(N)c2cc(C)ccc2F)nn1C. The molecule has 2 N–H and O–H groups in total. The molecule has 5 heteroatoms. The van der Waals surface area contributed by atoms with Gasteiger partial charge >= 0.3 is 0 Å². The van der Waals surface area contributed by atoms with Gasteiger partial charge in [-0.2, -0.15) is 5.10 Å². The average molecular weight is 249 g/mol. The summed E-state index contributed by atoms with van der Waals surface area (Å²) in [5.41, 5.74) is 8.04. The van der Waals surface area contributed by atoms with Gasteiger partial charge in [0.2, 0.25) is 5.88 Å². The molecular weight excluding hydrogens is 233 g/mol. The van der Waals surface area contributed by atoms with Crippen molar-refractivity contribution in [1.29, 1.82) is 0 Å². The number of hydrogen-bond donors (Lipinski definition) is 1. The van der Waals surface area contributed by atoms with E-state index in [4.69, 9.17) is 10.5 Å². The standard InChI is InChI=1S/C13H16FN3O/c1-8-4-5-10(14)9(6-8)13(15)11-7-12(18-3)17(2)16-11/h4-7,13H,15H2,1-3H3.